The first-order valence-corrected chi connectivity index (χ1v) is 6.39. The minimum absolute atomic E-state index is 0.0959. The van der Waals surface area contributed by atoms with E-state index in [-0.39, 0.29) is 6.04 Å². The number of nitrogens with one attached hydrogen (secondary N) is 1. The van der Waals surface area contributed by atoms with E-state index >= 15 is 0 Å². The Labute approximate surface area is 112 Å². The van der Waals surface area contributed by atoms with Crippen LogP contribution in [0.1, 0.15) is 30.0 Å². The van der Waals surface area contributed by atoms with Crippen LogP contribution in [0.15, 0.2) is 23.0 Å². The van der Waals surface area contributed by atoms with Gasteiger partial charge in [0.05, 0.1) is 18.3 Å². The van der Waals surface area contributed by atoms with Gasteiger partial charge in [-0.25, -0.2) is 0 Å². The predicted octanol–water partition coefficient (Wildman–Crippen LogP) is 1.20. The van der Waals surface area contributed by atoms with Crippen LogP contribution in [0.25, 0.3) is 0 Å². The lowest BCUT2D eigenvalue weighted by atomic mass is 10.1. The van der Waals surface area contributed by atoms with Crippen molar-refractivity contribution in [3.8, 4) is 0 Å². The summed E-state index contributed by atoms with van der Waals surface area (Å²) < 4.78 is 6.86. The van der Waals surface area contributed by atoms with Crippen LogP contribution in [-0.2, 0) is 6.54 Å². The fourth-order valence-electron chi connectivity index (χ4n) is 2.21. The predicted molar refractivity (Wildman–Crippen MR) is 70.6 cm³/mol. The molecule has 104 valence electrons. The van der Waals surface area contributed by atoms with E-state index in [0.29, 0.717) is 13.1 Å². The molecule has 19 heavy (non-hydrogen) atoms. The molecule has 0 fully saturated rings. The molecule has 2 atom stereocenters. The van der Waals surface area contributed by atoms with Crippen molar-refractivity contribution in [3.05, 3.63) is 35.5 Å². The lowest BCUT2D eigenvalue weighted by Gasteiger charge is -2.17. The molecule has 0 spiro atoms. The van der Waals surface area contributed by atoms with Gasteiger partial charge in [-0.1, -0.05) is 5.16 Å². The molecule has 0 bridgehead atoms. The second kappa shape index (κ2) is 5.99. The summed E-state index contributed by atoms with van der Waals surface area (Å²) in [6.07, 6.45) is 3.05. The number of rotatable bonds is 6. The molecular formula is C13H20N4O2. The molecule has 6 heteroatoms. The molecular weight excluding hydrogens is 244 g/mol. The molecule has 2 rings (SSSR count). The fourth-order valence-corrected chi connectivity index (χ4v) is 2.21. The van der Waals surface area contributed by atoms with E-state index in [1.54, 1.807) is 10.9 Å². The lowest BCUT2D eigenvalue weighted by molar-refractivity contribution is 0.143. The maximum atomic E-state index is 9.94. The van der Waals surface area contributed by atoms with Gasteiger partial charge in [0.1, 0.15) is 5.76 Å². The molecule has 2 heterocycles. The van der Waals surface area contributed by atoms with E-state index in [1.165, 1.54) is 0 Å². The van der Waals surface area contributed by atoms with Gasteiger partial charge in [0, 0.05) is 30.5 Å². The Bertz CT molecular complexity index is 487. The summed E-state index contributed by atoms with van der Waals surface area (Å²) in [5, 5.41) is 21.2. The summed E-state index contributed by atoms with van der Waals surface area (Å²) in [5.41, 5.74) is 1.95. The maximum absolute atomic E-state index is 9.94. The van der Waals surface area contributed by atoms with Gasteiger partial charge in [-0.3, -0.25) is 4.68 Å². The van der Waals surface area contributed by atoms with Crippen LogP contribution >= 0.6 is 0 Å². The number of aromatic nitrogens is 3. The van der Waals surface area contributed by atoms with Crippen LogP contribution in [0, 0.1) is 13.8 Å². The molecule has 2 N–H and O–H groups in total. The molecule has 2 aromatic rings. The first-order chi connectivity index (χ1) is 9.08. The van der Waals surface area contributed by atoms with Gasteiger partial charge >= 0.3 is 0 Å². The summed E-state index contributed by atoms with van der Waals surface area (Å²) in [4.78, 5) is 0. The molecule has 0 aliphatic carbocycles. The van der Waals surface area contributed by atoms with Crippen molar-refractivity contribution in [2.75, 3.05) is 6.54 Å². The topological polar surface area (TPSA) is 76.1 Å². The molecule has 0 saturated heterocycles. The summed E-state index contributed by atoms with van der Waals surface area (Å²) >= 11 is 0. The van der Waals surface area contributed by atoms with Crippen molar-refractivity contribution in [1.82, 2.24) is 20.3 Å². The molecule has 0 saturated carbocycles. The van der Waals surface area contributed by atoms with E-state index in [9.17, 15) is 5.11 Å². The molecule has 2 unspecified atom stereocenters. The molecule has 2 aromatic heterocycles. The van der Waals surface area contributed by atoms with Crippen LogP contribution in [0.4, 0.5) is 0 Å². The van der Waals surface area contributed by atoms with Crippen LogP contribution in [-0.4, -0.2) is 32.7 Å². The van der Waals surface area contributed by atoms with Gasteiger partial charge in [0.2, 0.25) is 0 Å². The van der Waals surface area contributed by atoms with E-state index in [1.807, 2.05) is 33.0 Å². The van der Waals surface area contributed by atoms with Crippen molar-refractivity contribution in [2.24, 2.45) is 0 Å². The third-order valence-electron chi connectivity index (χ3n) is 3.14. The first-order valence-electron chi connectivity index (χ1n) is 6.39. The molecule has 0 aliphatic heterocycles. The highest BCUT2D eigenvalue weighted by Crippen LogP contribution is 2.20. The zero-order valence-electron chi connectivity index (χ0n) is 11.5. The minimum atomic E-state index is -0.483. The van der Waals surface area contributed by atoms with E-state index in [0.717, 1.165) is 17.0 Å². The Morgan fingerprint density at radius 2 is 2.26 bits per heavy atom. The van der Waals surface area contributed by atoms with Crippen molar-refractivity contribution >= 4 is 0 Å². The monoisotopic (exact) mass is 264 g/mol. The smallest absolute Gasteiger partial charge is 0.138 e. The molecule has 0 aliphatic rings. The zero-order valence-corrected chi connectivity index (χ0v) is 11.5. The highest BCUT2D eigenvalue weighted by Gasteiger charge is 2.17. The highest BCUT2D eigenvalue weighted by atomic mass is 16.5. The lowest BCUT2D eigenvalue weighted by Crippen LogP contribution is -2.32. The Hall–Kier alpha value is -1.66. The standard InChI is InChI=1S/C13H20N4O2/c1-9(13-10(2)16-19-11(13)3)14-7-12(18)8-17-6-4-5-15-17/h4-6,9,12,14,18H,7-8H2,1-3H3. The van der Waals surface area contributed by atoms with Crippen molar-refractivity contribution < 1.29 is 9.63 Å². The van der Waals surface area contributed by atoms with Crippen molar-refractivity contribution in [2.45, 2.75) is 39.5 Å². The minimum Gasteiger partial charge on any atom is -0.390 e. The largest absolute Gasteiger partial charge is 0.390 e. The van der Waals surface area contributed by atoms with Crippen LogP contribution in [0.3, 0.4) is 0 Å². The normalized spacial score (nSPS) is 14.5. The number of hydrogen-bond donors (Lipinski definition) is 2. The zero-order chi connectivity index (χ0) is 13.8. The number of aryl methyl sites for hydroxylation is 2. The number of aliphatic hydroxyl groups is 1. The average molecular weight is 264 g/mol. The Kier molecular flexibility index (Phi) is 4.34. The molecule has 0 aromatic carbocycles. The second-order valence-electron chi connectivity index (χ2n) is 4.75. The van der Waals surface area contributed by atoms with Gasteiger partial charge < -0.3 is 14.9 Å². The second-order valence-corrected chi connectivity index (χ2v) is 4.75. The summed E-state index contributed by atoms with van der Waals surface area (Å²) in [5.74, 6) is 0.819. The van der Waals surface area contributed by atoms with Crippen molar-refractivity contribution in [1.29, 1.82) is 0 Å². The van der Waals surface area contributed by atoms with Gasteiger partial charge in [-0.2, -0.15) is 5.10 Å². The number of nitrogens with zero attached hydrogens (tertiary/aromatic N) is 3. The first kappa shape index (κ1) is 13.8. The fraction of sp³-hybridized carbons (Fsp3) is 0.538. The van der Waals surface area contributed by atoms with E-state index in [4.69, 9.17) is 4.52 Å². The molecule has 0 amide bonds. The van der Waals surface area contributed by atoms with Gasteiger partial charge in [-0.05, 0) is 26.8 Å². The number of aliphatic hydroxyl groups excluding tert-OH is 1. The quantitative estimate of drug-likeness (QED) is 0.820. The average Bonchev–Trinajstić information content (AvgIpc) is 2.97. The Balaban J connectivity index is 1.85. The molecule has 6 nitrogen and oxygen atoms in total. The van der Waals surface area contributed by atoms with Crippen molar-refractivity contribution in [3.63, 3.8) is 0 Å². The van der Waals surface area contributed by atoms with Gasteiger partial charge in [0.15, 0.2) is 0 Å². The third kappa shape index (κ3) is 3.42. The van der Waals surface area contributed by atoms with Gasteiger partial charge in [0.25, 0.3) is 0 Å². The molecule has 0 radical (unpaired) electrons. The Morgan fingerprint density at radius 1 is 1.47 bits per heavy atom. The third-order valence-corrected chi connectivity index (χ3v) is 3.14. The summed E-state index contributed by atoms with van der Waals surface area (Å²) in [6.45, 7) is 6.82. The number of hydrogen-bond acceptors (Lipinski definition) is 5. The SMILES string of the molecule is Cc1noc(C)c1C(C)NCC(O)Cn1cccn1. The summed E-state index contributed by atoms with van der Waals surface area (Å²) in [6, 6.07) is 1.94. The maximum Gasteiger partial charge on any atom is 0.138 e. The highest BCUT2D eigenvalue weighted by molar-refractivity contribution is 5.24. The van der Waals surface area contributed by atoms with Crippen LogP contribution < -0.4 is 5.32 Å². The van der Waals surface area contributed by atoms with E-state index < -0.39 is 6.10 Å². The summed E-state index contributed by atoms with van der Waals surface area (Å²) in [7, 11) is 0. The van der Waals surface area contributed by atoms with Crippen LogP contribution in [0.5, 0.6) is 0 Å². The van der Waals surface area contributed by atoms with Gasteiger partial charge in [-0.15, -0.1) is 0 Å². The Morgan fingerprint density at radius 3 is 2.84 bits per heavy atom. The van der Waals surface area contributed by atoms with E-state index in [2.05, 4.69) is 15.6 Å². The van der Waals surface area contributed by atoms with Crippen LogP contribution in [0.2, 0.25) is 0 Å².